The molecule has 1 heterocycles. The number of aliphatic hydroxyl groups excluding tert-OH is 1. The molecule has 5 rings (SSSR count). The van der Waals surface area contributed by atoms with Crippen molar-refractivity contribution < 1.29 is 19.7 Å². The fraction of sp³-hybridized carbons (Fsp3) is 0.850. The number of hydrogen-bond donors (Lipinski definition) is 2. The molecule has 24 heavy (non-hydrogen) atoms. The minimum absolute atomic E-state index is 0.00424. The molecular formula is C20H28O4. The highest BCUT2D eigenvalue weighted by Gasteiger charge is 2.71. The predicted molar refractivity (Wildman–Crippen MR) is 87.9 cm³/mol. The number of rotatable bonds is 0. The summed E-state index contributed by atoms with van der Waals surface area (Å²) in [7, 11) is 0. The zero-order valence-corrected chi connectivity index (χ0v) is 14.8. The number of carbonyl (C=O) groups excluding carboxylic acids is 1. The van der Waals surface area contributed by atoms with Crippen molar-refractivity contribution >= 4 is 5.97 Å². The van der Waals surface area contributed by atoms with Crippen LogP contribution in [0, 0.1) is 28.6 Å². The summed E-state index contributed by atoms with van der Waals surface area (Å²) in [5, 5.41) is 22.6. The van der Waals surface area contributed by atoms with E-state index in [1.54, 1.807) is 6.92 Å². The van der Waals surface area contributed by atoms with Crippen molar-refractivity contribution in [2.75, 3.05) is 0 Å². The number of aliphatic hydroxyl groups is 2. The summed E-state index contributed by atoms with van der Waals surface area (Å²) in [5.74, 6) is 1.16. The van der Waals surface area contributed by atoms with Crippen LogP contribution in [0.1, 0.15) is 59.3 Å². The van der Waals surface area contributed by atoms with E-state index >= 15 is 0 Å². The Kier molecular flexibility index (Phi) is 2.74. The molecule has 0 radical (unpaired) electrons. The van der Waals surface area contributed by atoms with Crippen molar-refractivity contribution in [3.05, 3.63) is 11.1 Å². The van der Waals surface area contributed by atoms with Crippen LogP contribution in [0.2, 0.25) is 0 Å². The molecule has 0 aromatic carbocycles. The van der Waals surface area contributed by atoms with Crippen LogP contribution < -0.4 is 0 Å². The third-order valence-electron chi connectivity index (χ3n) is 8.87. The van der Waals surface area contributed by atoms with Crippen molar-refractivity contribution in [3.63, 3.8) is 0 Å². The molecule has 4 saturated carbocycles. The molecule has 0 amide bonds. The molecule has 132 valence electrons. The highest BCUT2D eigenvalue weighted by molar-refractivity contribution is 5.92. The van der Waals surface area contributed by atoms with E-state index < -0.39 is 11.7 Å². The zero-order chi connectivity index (χ0) is 17.1. The second-order valence-corrected chi connectivity index (χ2v) is 9.70. The summed E-state index contributed by atoms with van der Waals surface area (Å²) in [6, 6.07) is 0. The average molecular weight is 332 g/mol. The summed E-state index contributed by atoms with van der Waals surface area (Å²) in [4.78, 5) is 12.0. The van der Waals surface area contributed by atoms with Gasteiger partial charge in [0.15, 0.2) is 0 Å². The van der Waals surface area contributed by atoms with Gasteiger partial charge in [0.25, 0.3) is 0 Å². The average Bonchev–Trinajstić information content (AvgIpc) is 3.11. The van der Waals surface area contributed by atoms with Crippen molar-refractivity contribution in [2.24, 2.45) is 28.6 Å². The second-order valence-electron chi connectivity index (χ2n) is 9.70. The lowest BCUT2D eigenvalue weighted by Crippen LogP contribution is -2.65. The second kappa shape index (κ2) is 4.27. The van der Waals surface area contributed by atoms with E-state index in [0.29, 0.717) is 35.3 Å². The normalized spacial score (nSPS) is 58.4. The van der Waals surface area contributed by atoms with Crippen LogP contribution in [-0.4, -0.2) is 34.0 Å². The fourth-order valence-corrected chi connectivity index (χ4v) is 7.42. The molecular weight excluding hydrogens is 304 g/mol. The quantitative estimate of drug-likeness (QED) is 0.669. The molecule has 2 N–H and O–H groups in total. The van der Waals surface area contributed by atoms with Crippen LogP contribution in [0.15, 0.2) is 11.1 Å². The van der Waals surface area contributed by atoms with Gasteiger partial charge in [0.2, 0.25) is 0 Å². The summed E-state index contributed by atoms with van der Waals surface area (Å²) < 4.78 is 5.54. The van der Waals surface area contributed by atoms with Crippen LogP contribution in [0.5, 0.6) is 0 Å². The molecule has 0 aromatic heterocycles. The third kappa shape index (κ3) is 1.56. The van der Waals surface area contributed by atoms with Crippen molar-refractivity contribution in [1.29, 1.82) is 0 Å². The number of ether oxygens (including phenoxy) is 1. The lowest BCUT2D eigenvalue weighted by atomic mass is 9.45. The molecule has 4 heteroatoms. The zero-order valence-electron chi connectivity index (χ0n) is 14.8. The van der Waals surface area contributed by atoms with Crippen LogP contribution >= 0.6 is 0 Å². The summed E-state index contributed by atoms with van der Waals surface area (Å²) in [6.07, 6.45) is 4.67. The molecule has 0 spiro atoms. The molecule has 4 fully saturated rings. The Labute approximate surface area is 143 Å². The van der Waals surface area contributed by atoms with Gasteiger partial charge >= 0.3 is 5.97 Å². The Bertz CT molecular complexity index is 669. The Morgan fingerprint density at radius 1 is 1.12 bits per heavy atom. The van der Waals surface area contributed by atoms with E-state index in [2.05, 4.69) is 13.8 Å². The first-order valence-corrected chi connectivity index (χ1v) is 9.54. The van der Waals surface area contributed by atoms with E-state index in [-0.39, 0.29) is 23.4 Å². The summed E-state index contributed by atoms with van der Waals surface area (Å²) >= 11 is 0. The molecule has 5 aliphatic rings. The van der Waals surface area contributed by atoms with Gasteiger partial charge in [-0.3, -0.25) is 0 Å². The number of esters is 1. The van der Waals surface area contributed by atoms with E-state index in [1.165, 1.54) is 12.8 Å². The van der Waals surface area contributed by atoms with E-state index in [9.17, 15) is 15.0 Å². The van der Waals surface area contributed by atoms with Gasteiger partial charge in [0, 0.05) is 17.1 Å². The summed E-state index contributed by atoms with van der Waals surface area (Å²) in [5.41, 5.74) is 0.503. The summed E-state index contributed by atoms with van der Waals surface area (Å²) in [6.45, 7) is 6.47. The number of carbonyl (C=O) groups is 1. The van der Waals surface area contributed by atoms with Crippen LogP contribution in [0.4, 0.5) is 0 Å². The Morgan fingerprint density at radius 3 is 2.62 bits per heavy atom. The van der Waals surface area contributed by atoms with E-state index in [4.69, 9.17) is 4.74 Å². The van der Waals surface area contributed by atoms with Crippen LogP contribution in [0.25, 0.3) is 0 Å². The Morgan fingerprint density at radius 2 is 1.88 bits per heavy atom. The third-order valence-corrected chi connectivity index (χ3v) is 8.87. The van der Waals surface area contributed by atoms with Crippen molar-refractivity contribution in [2.45, 2.75) is 77.1 Å². The smallest absolute Gasteiger partial charge is 0.334 e. The molecule has 8 atom stereocenters. The molecule has 0 aromatic rings. The Hall–Kier alpha value is -0.870. The van der Waals surface area contributed by atoms with Gasteiger partial charge in [-0.1, -0.05) is 13.8 Å². The van der Waals surface area contributed by atoms with E-state index in [0.717, 1.165) is 18.8 Å². The van der Waals surface area contributed by atoms with Gasteiger partial charge in [-0.2, -0.15) is 0 Å². The standard InChI is InChI=1S/C20H28O4/c1-10-15-12(24-17(10)22)8-14-18(2)6-4-11-9-19(11,3)13(18)5-7-20(14,23)16(15)21/h11-14,16,21,23H,4-9H2,1-3H3/t11-,12-,13-,14+,16-,18-,19+,20+/m1/s1. The van der Waals surface area contributed by atoms with Gasteiger partial charge in [-0.15, -0.1) is 0 Å². The minimum Gasteiger partial charge on any atom is -0.454 e. The molecule has 4 aliphatic carbocycles. The predicted octanol–water partition coefficient (Wildman–Crippen LogP) is 2.58. The van der Waals surface area contributed by atoms with Gasteiger partial charge in [0.05, 0.1) is 5.60 Å². The largest absolute Gasteiger partial charge is 0.454 e. The van der Waals surface area contributed by atoms with Gasteiger partial charge in [-0.05, 0) is 68.1 Å². The monoisotopic (exact) mass is 332 g/mol. The highest BCUT2D eigenvalue weighted by atomic mass is 16.5. The van der Waals surface area contributed by atoms with Gasteiger partial charge < -0.3 is 14.9 Å². The number of hydrogen-bond acceptors (Lipinski definition) is 4. The van der Waals surface area contributed by atoms with Crippen molar-refractivity contribution in [3.8, 4) is 0 Å². The first-order valence-electron chi connectivity index (χ1n) is 9.54. The maximum absolute atomic E-state index is 12.0. The first kappa shape index (κ1) is 15.4. The molecule has 0 bridgehead atoms. The number of fused-ring (bicyclic) bond motifs is 6. The highest BCUT2D eigenvalue weighted by Crippen LogP contribution is 2.74. The Balaban J connectivity index is 1.58. The minimum atomic E-state index is -1.11. The SMILES string of the molecule is CC1=C2[C@@H](O)[C@]3(O)CC[C@H]4[C@@]5(C)C[C@H]5CC[C@@]4(C)[C@@H]3C[C@H]2OC1=O. The lowest BCUT2D eigenvalue weighted by Gasteiger charge is -2.62. The van der Waals surface area contributed by atoms with Gasteiger partial charge in [-0.25, -0.2) is 4.79 Å². The van der Waals surface area contributed by atoms with Crippen LogP contribution in [0.3, 0.4) is 0 Å². The van der Waals surface area contributed by atoms with E-state index in [1.807, 2.05) is 0 Å². The topological polar surface area (TPSA) is 66.8 Å². The molecule has 0 saturated heterocycles. The maximum atomic E-state index is 12.0. The molecule has 0 unspecified atom stereocenters. The van der Waals surface area contributed by atoms with Gasteiger partial charge in [0.1, 0.15) is 12.2 Å². The fourth-order valence-electron chi connectivity index (χ4n) is 7.42. The van der Waals surface area contributed by atoms with Crippen LogP contribution in [-0.2, 0) is 9.53 Å². The first-order chi connectivity index (χ1) is 11.2. The maximum Gasteiger partial charge on any atom is 0.334 e. The lowest BCUT2D eigenvalue weighted by molar-refractivity contribution is -0.219. The molecule has 1 aliphatic heterocycles. The molecule has 4 nitrogen and oxygen atoms in total. The van der Waals surface area contributed by atoms with Crippen molar-refractivity contribution in [1.82, 2.24) is 0 Å².